The molecule has 0 spiro atoms. The van der Waals surface area contributed by atoms with E-state index >= 15 is 0 Å². The highest BCUT2D eigenvalue weighted by atomic mass is 16.3. The molecule has 0 fully saturated rings. The third-order valence-corrected chi connectivity index (χ3v) is 11.0. The van der Waals surface area contributed by atoms with Crippen molar-refractivity contribution in [3.63, 3.8) is 0 Å². The van der Waals surface area contributed by atoms with Crippen molar-refractivity contribution < 1.29 is 4.42 Å². The second-order valence-electron chi connectivity index (χ2n) is 14.2. The highest BCUT2D eigenvalue weighted by molar-refractivity contribution is 6.18. The van der Waals surface area contributed by atoms with E-state index in [9.17, 15) is 0 Å². The van der Waals surface area contributed by atoms with Crippen LogP contribution in [0.25, 0.3) is 94.1 Å². The second kappa shape index (κ2) is 10.3. The summed E-state index contributed by atoms with van der Waals surface area (Å²) in [5, 5.41) is 5.77. The van der Waals surface area contributed by atoms with Crippen molar-refractivity contribution in [1.82, 2.24) is 14.5 Å². The third kappa shape index (κ3) is 3.96. The van der Waals surface area contributed by atoms with Gasteiger partial charge in [0.05, 0.1) is 22.4 Å². The van der Waals surface area contributed by atoms with E-state index in [2.05, 4.69) is 164 Å². The van der Waals surface area contributed by atoms with Gasteiger partial charge in [0.15, 0.2) is 11.4 Å². The maximum atomic E-state index is 6.53. The molecule has 0 atom stereocenters. The van der Waals surface area contributed by atoms with E-state index in [1.165, 1.54) is 38.7 Å². The fourth-order valence-electron chi connectivity index (χ4n) is 8.51. The zero-order chi connectivity index (χ0) is 33.8. The number of hydrogen-bond acceptors (Lipinski definition) is 3. The van der Waals surface area contributed by atoms with Gasteiger partial charge < -0.3 is 8.98 Å². The Morgan fingerprint density at radius 1 is 0.529 bits per heavy atom. The topological polar surface area (TPSA) is 43.9 Å². The van der Waals surface area contributed by atoms with Gasteiger partial charge in [-0.05, 0) is 75.5 Å². The van der Waals surface area contributed by atoms with Crippen LogP contribution in [0.15, 0.2) is 156 Å². The first kappa shape index (κ1) is 28.3. The van der Waals surface area contributed by atoms with Crippen molar-refractivity contribution in [2.75, 3.05) is 0 Å². The number of aromatic nitrogens is 3. The molecule has 7 aromatic carbocycles. The molecule has 3 aromatic heterocycles. The van der Waals surface area contributed by atoms with Crippen LogP contribution in [0.5, 0.6) is 0 Å². The van der Waals surface area contributed by atoms with E-state index in [-0.39, 0.29) is 5.41 Å². The molecular weight excluding hydrogens is 623 g/mol. The zero-order valence-electron chi connectivity index (χ0n) is 28.2. The molecule has 0 aliphatic carbocycles. The van der Waals surface area contributed by atoms with Crippen molar-refractivity contribution >= 4 is 54.6 Å². The zero-order valence-corrected chi connectivity index (χ0v) is 28.2. The molecule has 240 valence electrons. The number of nitrogens with zero attached hydrogens (tertiary/aromatic N) is 3. The molecule has 4 nitrogen and oxygen atoms in total. The van der Waals surface area contributed by atoms with Crippen molar-refractivity contribution in [2.45, 2.75) is 19.3 Å². The van der Waals surface area contributed by atoms with Gasteiger partial charge >= 0.3 is 0 Å². The SMILES string of the molecule is CC1(C)c2cc(-c3nc(-c4cccc(-c5cccc6ccccc56)c4)nc4ccccc34)ccc2-n2c3c1cccc3c1oc3ccccc3c12. The largest absolute Gasteiger partial charge is 0.454 e. The molecule has 10 aromatic rings. The molecule has 4 heteroatoms. The van der Waals surface area contributed by atoms with E-state index in [1.807, 2.05) is 6.07 Å². The van der Waals surface area contributed by atoms with Gasteiger partial charge in [0, 0.05) is 32.7 Å². The smallest absolute Gasteiger partial charge is 0.161 e. The molecule has 11 rings (SSSR count). The van der Waals surface area contributed by atoms with Crippen LogP contribution in [-0.2, 0) is 5.41 Å². The summed E-state index contributed by atoms with van der Waals surface area (Å²) >= 11 is 0. The minimum Gasteiger partial charge on any atom is -0.454 e. The molecule has 0 N–H and O–H groups in total. The number of para-hydroxylation sites is 3. The Hall–Kier alpha value is -6.52. The lowest BCUT2D eigenvalue weighted by atomic mass is 9.74. The maximum Gasteiger partial charge on any atom is 0.161 e. The summed E-state index contributed by atoms with van der Waals surface area (Å²) in [6.07, 6.45) is 0. The van der Waals surface area contributed by atoms with Crippen LogP contribution in [0.2, 0.25) is 0 Å². The minimum atomic E-state index is -0.259. The lowest BCUT2D eigenvalue weighted by Crippen LogP contribution is -2.26. The summed E-state index contributed by atoms with van der Waals surface area (Å²) in [7, 11) is 0. The summed E-state index contributed by atoms with van der Waals surface area (Å²) < 4.78 is 8.96. The van der Waals surface area contributed by atoms with Crippen LogP contribution in [0.3, 0.4) is 0 Å². The molecule has 4 heterocycles. The summed E-state index contributed by atoms with van der Waals surface area (Å²) in [6, 6.07) is 53.9. The van der Waals surface area contributed by atoms with Crippen LogP contribution in [-0.4, -0.2) is 14.5 Å². The van der Waals surface area contributed by atoms with Crippen molar-refractivity contribution in [1.29, 1.82) is 0 Å². The number of hydrogen-bond donors (Lipinski definition) is 0. The van der Waals surface area contributed by atoms with Crippen LogP contribution in [0, 0.1) is 0 Å². The van der Waals surface area contributed by atoms with Gasteiger partial charge in [0.2, 0.25) is 0 Å². The number of rotatable bonds is 3. The van der Waals surface area contributed by atoms with Gasteiger partial charge in [-0.15, -0.1) is 0 Å². The Labute approximate surface area is 294 Å². The van der Waals surface area contributed by atoms with Gasteiger partial charge in [-0.25, -0.2) is 9.97 Å². The Morgan fingerprint density at radius 3 is 2.18 bits per heavy atom. The van der Waals surface area contributed by atoms with Gasteiger partial charge in [0.1, 0.15) is 11.1 Å². The van der Waals surface area contributed by atoms with Crippen molar-refractivity contribution in [3.8, 4) is 39.5 Å². The quantitative estimate of drug-likeness (QED) is 0.191. The number of furan rings is 1. The third-order valence-electron chi connectivity index (χ3n) is 11.0. The van der Waals surface area contributed by atoms with Crippen molar-refractivity contribution in [2.24, 2.45) is 0 Å². The molecule has 1 aliphatic heterocycles. The van der Waals surface area contributed by atoms with Gasteiger partial charge in [-0.3, -0.25) is 0 Å². The predicted molar refractivity (Wildman–Crippen MR) is 210 cm³/mol. The molecule has 1 aliphatic rings. The van der Waals surface area contributed by atoms with Crippen LogP contribution in [0.1, 0.15) is 25.0 Å². The Kier molecular flexibility index (Phi) is 5.70. The van der Waals surface area contributed by atoms with Crippen LogP contribution < -0.4 is 0 Å². The van der Waals surface area contributed by atoms with E-state index in [0.29, 0.717) is 5.82 Å². The lowest BCUT2D eigenvalue weighted by Gasteiger charge is -2.35. The van der Waals surface area contributed by atoms with E-state index in [4.69, 9.17) is 14.4 Å². The first-order valence-electron chi connectivity index (χ1n) is 17.5. The molecule has 0 bridgehead atoms. The number of fused-ring (bicyclic) bond motifs is 9. The minimum absolute atomic E-state index is 0.259. The Bertz CT molecular complexity index is 3070. The van der Waals surface area contributed by atoms with Gasteiger partial charge in [0.25, 0.3) is 0 Å². The molecule has 0 radical (unpaired) electrons. The van der Waals surface area contributed by atoms with Gasteiger partial charge in [-0.2, -0.15) is 0 Å². The Balaban J connectivity index is 1.12. The van der Waals surface area contributed by atoms with Crippen LogP contribution >= 0.6 is 0 Å². The lowest BCUT2D eigenvalue weighted by molar-refractivity contribution is 0.630. The number of benzene rings is 7. The first-order chi connectivity index (χ1) is 25.0. The molecule has 0 saturated heterocycles. The summed E-state index contributed by atoms with van der Waals surface area (Å²) in [5.41, 5.74) is 13.9. The fraction of sp³-hybridized carbons (Fsp3) is 0.0638. The molecule has 0 unspecified atom stereocenters. The molecule has 0 amide bonds. The summed E-state index contributed by atoms with van der Waals surface area (Å²) in [5.74, 6) is 0.715. The monoisotopic (exact) mass is 653 g/mol. The summed E-state index contributed by atoms with van der Waals surface area (Å²) in [6.45, 7) is 4.67. The molecular formula is C47H31N3O. The molecule has 0 saturated carbocycles. The van der Waals surface area contributed by atoms with E-state index < -0.39 is 0 Å². The first-order valence-corrected chi connectivity index (χ1v) is 17.5. The van der Waals surface area contributed by atoms with Crippen molar-refractivity contribution in [3.05, 3.63) is 163 Å². The van der Waals surface area contributed by atoms with E-state index in [1.54, 1.807) is 0 Å². The normalized spacial score (nSPS) is 13.5. The van der Waals surface area contributed by atoms with E-state index in [0.717, 1.165) is 60.7 Å². The summed E-state index contributed by atoms with van der Waals surface area (Å²) in [4.78, 5) is 10.5. The second-order valence-corrected chi connectivity index (χ2v) is 14.2. The average Bonchev–Trinajstić information content (AvgIpc) is 3.72. The average molecular weight is 654 g/mol. The maximum absolute atomic E-state index is 6.53. The standard InChI is InChI=1S/C47H31N3O/c1-47(2)37-21-11-20-36-43(37)50(44-35-18-6-8-23-41(35)51-45(36)44)40-25-24-30(27-38(40)47)42-34-17-5-7-22-39(34)48-46(49-42)31-15-9-14-29(26-31)33-19-10-13-28-12-3-4-16-32(28)33/h3-27H,1-2H3. The highest BCUT2D eigenvalue weighted by Gasteiger charge is 2.36. The predicted octanol–water partition coefficient (Wildman–Crippen LogP) is 12.3. The molecule has 51 heavy (non-hydrogen) atoms. The highest BCUT2D eigenvalue weighted by Crippen LogP contribution is 2.50. The van der Waals surface area contributed by atoms with Crippen LogP contribution in [0.4, 0.5) is 0 Å². The Morgan fingerprint density at radius 2 is 1.25 bits per heavy atom. The van der Waals surface area contributed by atoms with Gasteiger partial charge in [-0.1, -0.05) is 123 Å². The fourth-order valence-corrected chi connectivity index (χ4v) is 8.51.